The van der Waals surface area contributed by atoms with Gasteiger partial charge in [0, 0.05) is 6.04 Å². The van der Waals surface area contributed by atoms with E-state index in [1.54, 1.807) is 0 Å². The Bertz CT molecular complexity index is 112. The molecule has 0 aromatic rings. The van der Waals surface area contributed by atoms with Gasteiger partial charge < -0.3 is 5.32 Å². The molecule has 0 aliphatic rings. The van der Waals surface area contributed by atoms with Crippen molar-refractivity contribution in [1.29, 1.82) is 0 Å². The molecule has 1 N–H and O–H groups in total. The molecule has 0 bridgehead atoms. The van der Waals surface area contributed by atoms with Gasteiger partial charge in [-0.05, 0) is 26.3 Å². The van der Waals surface area contributed by atoms with Crippen molar-refractivity contribution in [3.05, 3.63) is 0 Å². The molecule has 1 atom stereocenters. The minimum atomic E-state index is 0.725. The summed E-state index contributed by atoms with van der Waals surface area (Å²) < 4.78 is 0. The lowest BCUT2D eigenvalue weighted by molar-refractivity contribution is 0.471. The summed E-state index contributed by atoms with van der Waals surface area (Å²) in [5.74, 6) is 0. The second-order valence-corrected chi connectivity index (χ2v) is 4.77. The van der Waals surface area contributed by atoms with E-state index in [0.29, 0.717) is 0 Å². The maximum absolute atomic E-state index is 3.62. The number of unbranched alkanes of at least 4 members (excludes halogenated alkanes) is 6. The van der Waals surface area contributed by atoms with Gasteiger partial charge in [-0.1, -0.05) is 58.8 Å². The third-order valence-electron chi connectivity index (χ3n) is 3.01. The van der Waals surface area contributed by atoms with Gasteiger partial charge in [0.1, 0.15) is 0 Å². The van der Waals surface area contributed by atoms with Gasteiger partial charge in [0.15, 0.2) is 0 Å². The van der Waals surface area contributed by atoms with Crippen LogP contribution in [-0.2, 0) is 0 Å². The average Bonchev–Trinajstić information content (AvgIpc) is 2.24. The highest BCUT2D eigenvalue weighted by atomic mass is 14.9. The van der Waals surface area contributed by atoms with Gasteiger partial charge in [-0.3, -0.25) is 0 Å². The van der Waals surface area contributed by atoms with Crippen molar-refractivity contribution in [2.24, 2.45) is 0 Å². The summed E-state index contributed by atoms with van der Waals surface area (Å²) in [6.45, 7) is 8.08. The van der Waals surface area contributed by atoms with Gasteiger partial charge in [-0.25, -0.2) is 0 Å². The Morgan fingerprint density at radius 3 is 2.00 bits per heavy atom. The molecule has 1 nitrogen and oxygen atoms in total. The first-order valence-electron chi connectivity index (χ1n) is 7.04. The first-order valence-corrected chi connectivity index (χ1v) is 7.04. The number of hydrogen-bond acceptors (Lipinski definition) is 1. The van der Waals surface area contributed by atoms with E-state index in [0.717, 1.165) is 6.04 Å². The summed E-state index contributed by atoms with van der Waals surface area (Å²) >= 11 is 0. The standard InChI is InChI=1S/C14H31N/c1-4-6-8-10-12-14(3)15-13-11-9-7-5-2/h14-15H,4-13H2,1-3H3. The lowest BCUT2D eigenvalue weighted by Crippen LogP contribution is -2.26. The summed E-state index contributed by atoms with van der Waals surface area (Å²) in [5, 5.41) is 3.62. The van der Waals surface area contributed by atoms with Gasteiger partial charge in [-0.2, -0.15) is 0 Å². The van der Waals surface area contributed by atoms with Gasteiger partial charge in [0.2, 0.25) is 0 Å². The van der Waals surface area contributed by atoms with Crippen molar-refractivity contribution < 1.29 is 0 Å². The van der Waals surface area contributed by atoms with Gasteiger partial charge in [0.25, 0.3) is 0 Å². The second-order valence-electron chi connectivity index (χ2n) is 4.77. The van der Waals surface area contributed by atoms with Crippen LogP contribution in [0.3, 0.4) is 0 Å². The Hall–Kier alpha value is -0.0400. The Kier molecular flexibility index (Phi) is 12.0. The lowest BCUT2D eigenvalue weighted by Gasteiger charge is -2.13. The third-order valence-corrected chi connectivity index (χ3v) is 3.01. The quantitative estimate of drug-likeness (QED) is 0.498. The molecule has 0 amide bonds. The third kappa shape index (κ3) is 11.9. The number of rotatable bonds is 11. The van der Waals surface area contributed by atoms with Crippen LogP contribution >= 0.6 is 0 Å². The molecule has 92 valence electrons. The van der Waals surface area contributed by atoms with Crippen LogP contribution in [0.25, 0.3) is 0 Å². The second kappa shape index (κ2) is 12.0. The largest absolute Gasteiger partial charge is 0.314 e. The average molecular weight is 213 g/mol. The summed E-state index contributed by atoms with van der Waals surface area (Å²) in [4.78, 5) is 0. The van der Waals surface area contributed by atoms with Crippen LogP contribution in [0, 0.1) is 0 Å². The fourth-order valence-electron chi connectivity index (χ4n) is 1.88. The van der Waals surface area contributed by atoms with Crippen molar-refractivity contribution in [3.8, 4) is 0 Å². The zero-order valence-electron chi connectivity index (χ0n) is 11.1. The SMILES string of the molecule is CCCCCCNC(C)CCCCCC. The predicted octanol–water partition coefficient (Wildman–Crippen LogP) is 4.52. The molecule has 0 rings (SSSR count). The maximum Gasteiger partial charge on any atom is 0.00387 e. The fourth-order valence-corrected chi connectivity index (χ4v) is 1.88. The number of hydrogen-bond donors (Lipinski definition) is 1. The van der Waals surface area contributed by atoms with E-state index in [2.05, 4.69) is 26.1 Å². The van der Waals surface area contributed by atoms with Crippen LogP contribution < -0.4 is 5.32 Å². The lowest BCUT2D eigenvalue weighted by atomic mass is 10.1. The van der Waals surface area contributed by atoms with E-state index in [1.165, 1.54) is 64.3 Å². The van der Waals surface area contributed by atoms with Crippen LogP contribution in [0.1, 0.15) is 78.6 Å². The summed E-state index contributed by atoms with van der Waals surface area (Å²) in [6, 6.07) is 0.725. The minimum absolute atomic E-state index is 0.725. The molecule has 0 aliphatic carbocycles. The van der Waals surface area contributed by atoms with Crippen molar-refractivity contribution in [2.75, 3.05) is 6.54 Å². The van der Waals surface area contributed by atoms with Crippen molar-refractivity contribution in [3.63, 3.8) is 0 Å². The molecule has 0 aromatic carbocycles. The van der Waals surface area contributed by atoms with Crippen molar-refractivity contribution in [1.82, 2.24) is 5.32 Å². The van der Waals surface area contributed by atoms with Crippen LogP contribution in [0.15, 0.2) is 0 Å². The molecule has 0 saturated heterocycles. The van der Waals surface area contributed by atoms with E-state index in [-0.39, 0.29) is 0 Å². The zero-order valence-corrected chi connectivity index (χ0v) is 11.1. The zero-order chi connectivity index (χ0) is 11.4. The first-order chi connectivity index (χ1) is 7.31. The highest BCUT2D eigenvalue weighted by molar-refractivity contribution is 4.60. The predicted molar refractivity (Wildman–Crippen MR) is 70.4 cm³/mol. The summed E-state index contributed by atoms with van der Waals surface area (Å²) in [5.41, 5.74) is 0. The molecule has 0 heterocycles. The monoisotopic (exact) mass is 213 g/mol. The molecular formula is C14H31N. The molecule has 0 spiro atoms. The summed E-state index contributed by atoms with van der Waals surface area (Å²) in [6.07, 6.45) is 12.4. The van der Waals surface area contributed by atoms with Crippen LogP contribution in [0.5, 0.6) is 0 Å². The normalized spacial score (nSPS) is 13.0. The Morgan fingerprint density at radius 1 is 0.800 bits per heavy atom. The fraction of sp³-hybridized carbons (Fsp3) is 1.00. The van der Waals surface area contributed by atoms with Gasteiger partial charge in [0.05, 0.1) is 0 Å². The molecule has 1 heteroatoms. The molecule has 0 saturated carbocycles. The number of nitrogens with one attached hydrogen (secondary N) is 1. The molecule has 0 fully saturated rings. The van der Waals surface area contributed by atoms with E-state index >= 15 is 0 Å². The Balaban J connectivity index is 3.08. The van der Waals surface area contributed by atoms with E-state index in [4.69, 9.17) is 0 Å². The topological polar surface area (TPSA) is 12.0 Å². The maximum atomic E-state index is 3.62. The Labute approximate surface area is 97.0 Å². The summed E-state index contributed by atoms with van der Waals surface area (Å²) in [7, 11) is 0. The Morgan fingerprint density at radius 2 is 1.40 bits per heavy atom. The molecule has 0 aliphatic heterocycles. The van der Waals surface area contributed by atoms with E-state index < -0.39 is 0 Å². The van der Waals surface area contributed by atoms with Gasteiger partial charge in [-0.15, -0.1) is 0 Å². The van der Waals surface area contributed by atoms with Crippen molar-refractivity contribution >= 4 is 0 Å². The molecular weight excluding hydrogens is 182 g/mol. The molecule has 0 radical (unpaired) electrons. The smallest absolute Gasteiger partial charge is 0.00387 e. The molecule has 1 unspecified atom stereocenters. The minimum Gasteiger partial charge on any atom is -0.314 e. The highest BCUT2D eigenvalue weighted by Gasteiger charge is 1.99. The van der Waals surface area contributed by atoms with E-state index in [9.17, 15) is 0 Å². The highest BCUT2D eigenvalue weighted by Crippen LogP contribution is 2.05. The molecule has 15 heavy (non-hydrogen) atoms. The van der Waals surface area contributed by atoms with Crippen LogP contribution in [0.2, 0.25) is 0 Å². The van der Waals surface area contributed by atoms with E-state index in [1.807, 2.05) is 0 Å². The first kappa shape index (κ1) is 15.0. The van der Waals surface area contributed by atoms with Gasteiger partial charge >= 0.3 is 0 Å². The van der Waals surface area contributed by atoms with Crippen LogP contribution in [0.4, 0.5) is 0 Å². The molecule has 0 aromatic heterocycles. The van der Waals surface area contributed by atoms with Crippen LogP contribution in [-0.4, -0.2) is 12.6 Å². The van der Waals surface area contributed by atoms with Crippen molar-refractivity contribution in [2.45, 2.75) is 84.6 Å².